The van der Waals surface area contributed by atoms with Crippen LogP contribution in [0.4, 0.5) is 0 Å². The number of carboxylic acid groups (broad SMARTS) is 1. The number of hydrogen-bond acceptors (Lipinski definition) is 2. The summed E-state index contributed by atoms with van der Waals surface area (Å²) in [5, 5.41) is 11.8. The molecule has 0 heterocycles. The van der Waals surface area contributed by atoms with Gasteiger partial charge in [0.15, 0.2) is 0 Å². The van der Waals surface area contributed by atoms with E-state index in [9.17, 15) is 9.59 Å². The van der Waals surface area contributed by atoms with Gasteiger partial charge in [0.1, 0.15) is 0 Å². The van der Waals surface area contributed by atoms with Crippen LogP contribution in [0.5, 0.6) is 0 Å². The van der Waals surface area contributed by atoms with Crippen molar-refractivity contribution >= 4 is 11.9 Å². The van der Waals surface area contributed by atoms with Gasteiger partial charge in [0, 0.05) is 18.9 Å². The molecule has 0 spiro atoms. The van der Waals surface area contributed by atoms with Crippen LogP contribution in [-0.2, 0) is 9.59 Å². The van der Waals surface area contributed by atoms with E-state index < -0.39 is 11.4 Å². The predicted octanol–water partition coefficient (Wildman–Crippen LogP) is 2.96. The lowest BCUT2D eigenvalue weighted by Crippen LogP contribution is -2.32. The average molecular weight is 289 g/mol. The van der Waals surface area contributed by atoms with Crippen LogP contribution in [0.1, 0.15) is 38.2 Å². The van der Waals surface area contributed by atoms with Crippen molar-refractivity contribution in [2.45, 2.75) is 32.6 Å². The van der Waals surface area contributed by atoms with Crippen molar-refractivity contribution in [1.82, 2.24) is 5.32 Å². The molecule has 114 valence electrons. The summed E-state index contributed by atoms with van der Waals surface area (Å²) in [5.41, 5.74) is 0.221. The van der Waals surface area contributed by atoms with Crippen LogP contribution in [0.15, 0.2) is 43.0 Å². The van der Waals surface area contributed by atoms with Crippen molar-refractivity contribution in [1.29, 1.82) is 0 Å². The number of amides is 1. The first-order valence-electron chi connectivity index (χ1n) is 7.04. The predicted molar refractivity (Wildman–Crippen MR) is 83.0 cm³/mol. The molecule has 1 aromatic rings. The van der Waals surface area contributed by atoms with E-state index in [0.29, 0.717) is 19.4 Å². The van der Waals surface area contributed by atoms with Gasteiger partial charge in [0.25, 0.3) is 0 Å². The highest BCUT2D eigenvalue weighted by atomic mass is 16.4. The van der Waals surface area contributed by atoms with Gasteiger partial charge in [0.2, 0.25) is 5.91 Å². The first-order valence-corrected chi connectivity index (χ1v) is 7.04. The molecule has 21 heavy (non-hydrogen) atoms. The molecule has 1 rings (SSSR count). The summed E-state index contributed by atoms with van der Waals surface area (Å²) in [6.07, 6.45) is 2.48. The molecule has 1 amide bonds. The average Bonchev–Trinajstić information content (AvgIpc) is 2.45. The lowest BCUT2D eigenvalue weighted by atomic mass is 9.89. The third kappa shape index (κ3) is 5.42. The van der Waals surface area contributed by atoms with Crippen LogP contribution in [0.2, 0.25) is 0 Å². The van der Waals surface area contributed by atoms with Crippen molar-refractivity contribution in [2.24, 2.45) is 5.41 Å². The number of rotatable bonds is 8. The molecule has 0 aliphatic rings. The van der Waals surface area contributed by atoms with E-state index in [4.69, 9.17) is 5.11 Å². The Balaban J connectivity index is 2.46. The molecule has 0 fully saturated rings. The number of carboxylic acids is 1. The zero-order chi connectivity index (χ0) is 15.9. The van der Waals surface area contributed by atoms with Gasteiger partial charge in [-0.05, 0) is 25.8 Å². The molecule has 0 saturated carbocycles. The largest absolute Gasteiger partial charge is 0.481 e. The maximum atomic E-state index is 11.9. The van der Waals surface area contributed by atoms with Crippen LogP contribution in [0.25, 0.3) is 0 Å². The van der Waals surface area contributed by atoms with Gasteiger partial charge in [-0.3, -0.25) is 9.59 Å². The van der Waals surface area contributed by atoms with E-state index in [1.165, 1.54) is 0 Å². The lowest BCUT2D eigenvalue weighted by Gasteiger charge is -2.19. The van der Waals surface area contributed by atoms with Gasteiger partial charge in [0.05, 0.1) is 5.41 Å². The van der Waals surface area contributed by atoms with Gasteiger partial charge < -0.3 is 10.4 Å². The molecule has 0 aliphatic carbocycles. The quantitative estimate of drug-likeness (QED) is 0.723. The zero-order valence-corrected chi connectivity index (χ0v) is 12.6. The summed E-state index contributed by atoms with van der Waals surface area (Å²) in [4.78, 5) is 22.9. The summed E-state index contributed by atoms with van der Waals surface area (Å²) >= 11 is 0. The second-order valence-electron chi connectivity index (χ2n) is 5.75. The first-order chi connectivity index (χ1) is 9.86. The third-order valence-corrected chi connectivity index (χ3v) is 3.57. The Morgan fingerprint density at radius 2 is 1.95 bits per heavy atom. The SMILES string of the molecule is C=CC(CC(=O)NCCC(C)(C)C(=O)O)c1ccccc1. The van der Waals surface area contributed by atoms with Crippen molar-refractivity contribution in [3.63, 3.8) is 0 Å². The fourth-order valence-corrected chi connectivity index (χ4v) is 1.93. The Morgan fingerprint density at radius 1 is 1.33 bits per heavy atom. The van der Waals surface area contributed by atoms with E-state index in [1.54, 1.807) is 19.9 Å². The summed E-state index contributed by atoms with van der Waals surface area (Å²) in [6, 6.07) is 9.72. The van der Waals surface area contributed by atoms with Crippen LogP contribution in [0, 0.1) is 5.41 Å². The molecule has 0 radical (unpaired) electrons. The van der Waals surface area contributed by atoms with E-state index >= 15 is 0 Å². The first kappa shape index (κ1) is 17.0. The number of carbonyl (C=O) groups excluding carboxylic acids is 1. The van der Waals surface area contributed by atoms with Gasteiger partial charge in [-0.25, -0.2) is 0 Å². The Hall–Kier alpha value is -2.10. The molecule has 1 aromatic carbocycles. The van der Waals surface area contributed by atoms with Crippen LogP contribution >= 0.6 is 0 Å². The number of nitrogens with one attached hydrogen (secondary N) is 1. The number of aliphatic carboxylic acids is 1. The van der Waals surface area contributed by atoms with Gasteiger partial charge in [-0.1, -0.05) is 36.4 Å². The van der Waals surface area contributed by atoms with Crippen LogP contribution in [-0.4, -0.2) is 23.5 Å². The molecular weight excluding hydrogens is 266 g/mol. The Morgan fingerprint density at radius 3 is 2.48 bits per heavy atom. The minimum Gasteiger partial charge on any atom is -0.481 e. The Bertz CT molecular complexity index is 494. The van der Waals surface area contributed by atoms with Gasteiger partial charge in [-0.15, -0.1) is 6.58 Å². The fourth-order valence-electron chi connectivity index (χ4n) is 1.93. The van der Waals surface area contributed by atoms with E-state index in [2.05, 4.69) is 11.9 Å². The molecule has 0 aromatic heterocycles. The van der Waals surface area contributed by atoms with Crippen molar-refractivity contribution < 1.29 is 14.7 Å². The molecule has 0 saturated heterocycles. The molecule has 0 bridgehead atoms. The molecule has 4 heteroatoms. The molecule has 1 unspecified atom stereocenters. The maximum absolute atomic E-state index is 11.9. The number of allylic oxidation sites excluding steroid dienone is 1. The number of carbonyl (C=O) groups is 2. The summed E-state index contributed by atoms with van der Waals surface area (Å²) in [6.45, 7) is 7.43. The monoisotopic (exact) mass is 289 g/mol. The van der Waals surface area contributed by atoms with E-state index in [1.807, 2.05) is 30.3 Å². The van der Waals surface area contributed by atoms with E-state index in [0.717, 1.165) is 5.56 Å². The lowest BCUT2D eigenvalue weighted by molar-refractivity contribution is -0.147. The molecule has 1 atom stereocenters. The zero-order valence-electron chi connectivity index (χ0n) is 12.6. The molecular formula is C17H23NO3. The van der Waals surface area contributed by atoms with Gasteiger partial charge in [-0.2, -0.15) is 0 Å². The highest BCUT2D eigenvalue weighted by molar-refractivity contribution is 5.77. The number of hydrogen-bond donors (Lipinski definition) is 2. The second-order valence-corrected chi connectivity index (χ2v) is 5.75. The summed E-state index contributed by atoms with van der Waals surface area (Å²) in [7, 11) is 0. The van der Waals surface area contributed by atoms with Crippen molar-refractivity contribution in [3.8, 4) is 0 Å². The maximum Gasteiger partial charge on any atom is 0.309 e. The molecule has 4 nitrogen and oxygen atoms in total. The number of benzene rings is 1. The highest BCUT2D eigenvalue weighted by Crippen LogP contribution is 2.21. The topological polar surface area (TPSA) is 66.4 Å². The standard InChI is InChI=1S/C17H23NO3/c1-4-13(14-8-6-5-7-9-14)12-15(19)18-11-10-17(2,3)16(20)21/h4-9,13H,1,10-12H2,2-3H3,(H,18,19)(H,20,21). The highest BCUT2D eigenvalue weighted by Gasteiger charge is 2.26. The molecule has 2 N–H and O–H groups in total. The van der Waals surface area contributed by atoms with Crippen molar-refractivity contribution in [2.75, 3.05) is 6.54 Å². The second kappa shape index (κ2) is 7.62. The van der Waals surface area contributed by atoms with Crippen molar-refractivity contribution in [3.05, 3.63) is 48.6 Å². The third-order valence-electron chi connectivity index (χ3n) is 3.57. The summed E-state index contributed by atoms with van der Waals surface area (Å²) in [5.74, 6) is -0.978. The molecule has 0 aliphatic heterocycles. The summed E-state index contributed by atoms with van der Waals surface area (Å²) < 4.78 is 0. The minimum atomic E-state index is -0.856. The minimum absolute atomic E-state index is 0.0290. The van der Waals surface area contributed by atoms with Crippen LogP contribution in [0.3, 0.4) is 0 Å². The Kier molecular flexibility index (Phi) is 6.15. The fraction of sp³-hybridized carbons (Fsp3) is 0.412. The van der Waals surface area contributed by atoms with Gasteiger partial charge >= 0.3 is 5.97 Å². The normalized spacial score (nSPS) is 12.5. The van der Waals surface area contributed by atoms with E-state index in [-0.39, 0.29) is 11.8 Å². The van der Waals surface area contributed by atoms with Crippen LogP contribution < -0.4 is 5.32 Å². The Labute approximate surface area is 125 Å². The smallest absolute Gasteiger partial charge is 0.309 e.